The van der Waals surface area contributed by atoms with E-state index in [0.29, 0.717) is 109 Å². The molecule has 16 heterocycles. The SMILES string of the molecule is C=CS(=O)(=O)N1CCN(Cc2cc3nc(-c4cccc5[nH]ncc45)nc(N4CCOCC4)c3s2)CC1.CC(=O)CC(=O)N1CCN(Cc2cc3nc(-c4cccc5[nH]ncc45)nc(N4CCOCC4)c3s2)CC1.C[C@H]1OC(=O)[C@H]1NC(=O)N1CCN(Cc2cc3nc(-c4cccc5[nH]ncc45)nc(N4CCOCC4)c3s2)CC1. The minimum absolute atomic E-state index is 0.00578. The number of carbonyl (C=O) groups is 4. The summed E-state index contributed by atoms with van der Waals surface area (Å²) in [5, 5.41) is 28.5. The molecule has 0 bridgehead atoms. The summed E-state index contributed by atoms with van der Waals surface area (Å²) in [6.07, 6.45) is 5.19. The molecule has 588 valence electrons. The molecule has 0 spiro atoms. The third-order valence-corrected chi connectivity index (χ3v) is 26.3. The number of benzene rings is 3. The van der Waals surface area contributed by atoms with Crippen LogP contribution in [0, 0.1) is 0 Å². The third-order valence-electron chi connectivity index (χ3n) is 21.5. The number of Topliss-reactive ketones (excluding diaryl/α,β-unsaturated/α-hetero) is 1. The van der Waals surface area contributed by atoms with Crippen LogP contribution in [0.4, 0.5) is 22.2 Å². The summed E-state index contributed by atoms with van der Waals surface area (Å²) >= 11 is 5.19. The van der Waals surface area contributed by atoms with E-state index < -0.39 is 16.1 Å². The summed E-state index contributed by atoms with van der Waals surface area (Å²) in [4.78, 5) is 99.1. The number of piperazine rings is 3. The van der Waals surface area contributed by atoms with Crippen molar-refractivity contribution >= 4 is 149 Å². The van der Waals surface area contributed by atoms with Crippen molar-refractivity contribution in [1.29, 1.82) is 0 Å². The lowest BCUT2D eigenvalue weighted by Gasteiger charge is -2.37. The number of rotatable bonds is 17. The number of urea groups is 1. The number of carbonyl (C=O) groups excluding carboxylic acids is 4. The number of H-pyrrole nitrogens is 3. The van der Waals surface area contributed by atoms with Crippen LogP contribution in [0.3, 0.4) is 0 Å². The van der Waals surface area contributed by atoms with Crippen molar-refractivity contribution in [2.75, 3.05) is 172 Å². The van der Waals surface area contributed by atoms with Crippen LogP contribution in [0.5, 0.6) is 0 Å². The maximum Gasteiger partial charge on any atom is 0.332 e. The topological polar surface area (TPSA) is 344 Å². The Kier molecular flexibility index (Phi) is 22.2. The first-order chi connectivity index (χ1) is 55.1. The van der Waals surface area contributed by atoms with Crippen LogP contribution in [0.25, 0.3) is 97.5 Å². The summed E-state index contributed by atoms with van der Waals surface area (Å²) in [6.45, 7) is 25.7. The zero-order valence-electron chi connectivity index (χ0n) is 62.7. The predicted molar refractivity (Wildman–Crippen MR) is 434 cm³/mol. The lowest BCUT2D eigenvalue weighted by Crippen LogP contribution is -2.62. The number of anilines is 3. The van der Waals surface area contributed by atoms with Gasteiger partial charge in [0.15, 0.2) is 41.0 Å². The van der Waals surface area contributed by atoms with E-state index in [4.69, 9.17) is 48.9 Å². The molecule has 0 saturated carbocycles. The van der Waals surface area contributed by atoms with Crippen molar-refractivity contribution in [2.24, 2.45) is 0 Å². The number of sulfonamides is 1. The second-order valence-electron chi connectivity index (χ2n) is 28.9. The van der Waals surface area contributed by atoms with Crippen LogP contribution in [0.2, 0.25) is 0 Å². The summed E-state index contributed by atoms with van der Waals surface area (Å²) < 4.78 is 50.7. The van der Waals surface area contributed by atoms with Crippen molar-refractivity contribution in [1.82, 2.24) is 94.6 Å². The molecule has 0 radical (unpaired) electrons. The molecule has 7 saturated heterocycles. The molecule has 19 rings (SSSR count). The van der Waals surface area contributed by atoms with Gasteiger partial charge in [-0.3, -0.25) is 39.6 Å². The number of hydrogen-bond donors (Lipinski definition) is 4. The van der Waals surface area contributed by atoms with Crippen LogP contribution in [-0.4, -0.2) is 291 Å². The van der Waals surface area contributed by atoms with Crippen molar-refractivity contribution in [3.05, 3.63) is 118 Å². The van der Waals surface area contributed by atoms with Gasteiger partial charge in [0.2, 0.25) is 15.9 Å². The van der Waals surface area contributed by atoms with Crippen LogP contribution >= 0.6 is 34.0 Å². The number of nitrogens with one attached hydrogen (secondary N) is 4. The van der Waals surface area contributed by atoms with Crippen molar-refractivity contribution in [2.45, 2.75) is 52.0 Å². The van der Waals surface area contributed by atoms with Gasteiger partial charge < -0.3 is 48.8 Å². The molecule has 7 fully saturated rings. The fourth-order valence-corrected chi connectivity index (χ4v) is 19.6. The second kappa shape index (κ2) is 33.1. The van der Waals surface area contributed by atoms with Gasteiger partial charge in [-0.05, 0) is 50.2 Å². The molecule has 3 aromatic carbocycles. The molecule has 7 aliphatic rings. The minimum atomic E-state index is -3.37. The maximum absolute atomic E-state index is 12.6. The number of ether oxygens (including phenoxy) is 4. The smallest absolute Gasteiger partial charge is 0.332 e. The lowest BCUT2D eigenvalue weighted by atomic mass is 10.1. The van der Waals surface area contributed by atoms with E-state index in [1.54, 1.807) is 50.7 Å². The molecule has 7 aliphatic heterocycles. The number of cyclic esters (lactones) is 1. The summed E-state index contributed by atoms with van der Waals surface area (Å²) in [6, 6.07) is 23.9. The quantitative estimate of drug-likeness (QED) is 0.0504. The Morgan fingerprint density at radius 3 is 1.22 bits per heavy atom. The molecule has 2 atom stereocenters. The van der Waals surface area contributed by atoms with E-state index >= 15 is 0 Å². The molecule has 0 unspecified atom stereocenters. The van der Waals surface area contributed by atoms with E-state index in [1.165, 1.54) is 25.9 Å². The highest BCUT2D eigenvalue weighted by molar-refractivity contribution is 7.92. The van der Waals surface area contributed by atoms with Crippen molar-refractivity contribution < 1.29 is 46.5 Å². The van der Waals surface area contributed by atoms with Gasteiger partial charge in [0.05, 0.1) is 112 Å². The number of aromatic nitrogens is 12. The number of esters is 1. The molecule has 9 aromatic heterocycles. The van der Waals surface area contributed by atoms with E-state index in [9.17, 15) is 27.6 Å². The Bertz CT molecular complexity index is 5630. The average molecular weight is 1610 g/mol. The second-order valence-corrected chi connectivity index (χ2v) is 34.1. The summed E-state index contributed by atoms with van der Waals surface area (Å²) in [7, 11) is -3.37. The highest BCUT2D eigenvalue weighted by Gasteiger charge is 2.41. The highest BCUT2D eigenvalue weighted by Crippen LogP contribution is 2.41. The van der Waals surface area contributed by atoms with Crippen LogP contribution < -0.4 is 20.0 Å². The molecular weight excluding hydrogens is 1520 g/mol. The van der Waals surface area contributed by atoms with Gasteiger partial charge in [0.1, 0.15) is 11.9 Å². The van der Waals surface area contributed by atoms with E-state index in [2.05, 4.69) is 90.1 Å². The van der Waals surface area contributed by atoms with Gasteiger partial charge in [-0.25, -0.2) is 47.9 Å². The summed E-state index contributed by atoms with van der Waals surface area (Å²) in [5.41, 5.74) is 8.54. The largest absolute Gasteiger partial charge is 0.458 e. The van der Waals surface area contributed by atoms with E-state index in [1.807, 2.05) is 73.2 Å². The highest BCUT2D eigenvalue weighted by atomic mass is 32.2. The Balaban J connectivity index is 0.000000123. The lowest BCUT2D eigenvalue weighted by molar-refractivity contribution is -0.173. The zero-order valence-corrected chi connectivity index (χ0v) is 65.9. The minimum Gasteiger partial charge on any atom is -0.458 e. The van der Waals surface area contributed by atoms with E-state index in [0.717, 1.165) is 188 Å². The Hall–Kier alpha value is -10.1. The monoisotopic (exact) mass is 1610 g/mol. The first-order valence-corrected chi connectivity index (χ1v) is 42.0. The van der Waals surface area contributed by atoms with Gasteiger partial charge in [0, 0.05) is 190 Å². The molecule has 0 aliphatic carbocycles. The number of ketones is 1. The Morgan fingerprint density at radius 1 is 0.513 bits per heavy atom. The number of amides is 3. The first-order valence-electron chi connectivity index (χ1n) is 38.1. The number of fused-ring (bicyclic) bond motifs is 6. The molecule has 32 nitrogen and oxygen atoms in total. The van der Waals surface area contributed by atoms with Gasteiger partial charge >= 0.3 is 12.0 Å². The number of morpholine rings is 3. The van der Waals surface area contributed by atoms with Gasteiger partial charge in [0.25, 0.3) is 0 Å². The van der Waals surface area contributed by atoms with Crippen molar-refractivity contribution in [3.63, 3.8) is 0 Å². The summed E-state index contributed by atoms with van der Waals surface area (Å²) in [5.74, 6) is 4.40. The maximum atomic E-state index is 12.6. The van der Waals surface area contributed by atoms with Gasteiger partial charge in [-0.1, -0.05) is 43.0 Å². The average Bonchev–Trinajstić information content (AvgIpc) is 1.65. The predicted octanol–water partition coefficient (Wildman–Crippen LogP) is 7.57. The first kappa shape index (κ1) is 75.6. The normalized spacial score (nSPS) is 19.2. The molecule has 12 aromatic rings. The van der Waals surface area contributed by atoms with Crippen LogP contribution in [0.1, 0.15) is 34.9 Å². The molecule has 3 amide bonds. The molecule has 4 N–H and O–H groups in total. The van der Waals surface area contributed by atoms with Crippen LogP contribution in [0.15, 0.2) is 103 Å². The van der Waals surface area contributed by atoms with E-state index in [-0.39, 0.29) is 36.2 Å². The number of thiophene rings is 3. The number of nitrogens with zero attached hydrogens (tertiary/aromatic N) is 18. The third kappa shape index (κ3) is 16.4. The molecular formula is C77H86N22O10S4. The molecule has 113 heavy (non-hydrogen) atoms. The fraction of sp³-hybridized carbons (Fsp3) is 0.416. The Labute approximate surface area is 662 Å². The van der Waals surface area contributed by atoms with Gasteiger partial charge in [-0.15, -0.1) is 34.0 Å². The standard InChI is InChI=1S/C27H30N8O4S.C26H29N7O3S.C24H27N7O3S2/c1-16-22(26(36)39-16)30-27(37)35-7-5-33(6-8-35)15-17-13-21-23(40-17)25(34-9-11-38-12-10-34)31-24(29-21)18-3-2-4-20-19(18)14-28-32-20;1-17(34)13-23(35)32-7-5-31(6-8-32)16-18-14-22-24(37-18)26(33-9-11-36-12-10-33)29-25(28-22)19-3-2-4-21-20(19)15-27-30-21;1-2-36(32,33)31-8-6-29(7-9-31)16-17-14-21-22(35-17)24(30-10-12-34-13-11-30)27-23(26-21)18-4-3-5-20-19(18)15-25-28-20/h2-4,13-14,16,22H,5-12,15H2,1H3,(H,28,32)(H,30,37);2-4,14-15H,5-13,16H2,1H3,(H,27,30);2-5,14-15H,1,6-13,16H2,(H,25,28)/t16-,22+;;/m1../s1. The fourth-order valence-electron chi connectivity index (χ4n) is 15.3. The number of aromatic amines is 3. The zero-order chi connectivity index (χ0) is 77.3. The van der Waals surface area contributed by atoms with Crippen LogP contribution in [-0.2, 0) is 63.0 Å². The molecule has 36 heteroatoms. The van der Waals surface area contributed by atoms with Crippen molar-refractivity contribution in [3.8, 4) is 34.2 Å². The Morgan fingerprint density at radius 2 is 0.876 bits per heavy atom. The number of hydrogen-bond acceptors (Lipinski definition) is 28. The van der Waals surface area contributed by atoms with Gasteiger partial charge in [-0.2, -0.15) is 19.6 Å².